The van der Waals surface area contributed by atoms with Gasteiger partial charge in [-0.05, 0) is 56.7 Å². The van der Waals surface area contributed by atoms with Crippen LogP contribution in [-0.2, 0) is 16.1 Å². The molecule has 0 saturated carbocycles. The number of ketones is 1. The van der Waals surface area contributed by atoms with Crippen molar-refractivity contribution in [2.24, 2.45) is 0 Å². The van der Waals surface area contributed by atoms with Crippen molar-refractivity contribution in [2.45, 2.75) is 40.2 Å². The predicted octanol–water partition coefficient (Wildman–Crippen LogP) is 4.47. The number of fused-ring (bicyclic) bond motifs is 1. The fourth-order valence-electron chi connectivity index (χ4n) is 5.60. The number of Topliss-reactive ketones (excluding diaryl/α,β-unsaturated/α-hetero) is 1. The molecular formula is C33H40N6O4. The number of benzene rings is 2. The first kappa shape index (κ1) is 30.2. The van der Waals surface area contributed by atoms with Crippen molar-refractivity contribution >= 4 is 34.2 Å². The predicted molar refractivity (Wildman–Crippen MR) is 167 cm³/mol. The Morgan fingerprint density at radius 1 is 0.977 bits per heavy atom. The van der Waals surface area contributed by atoms with Crippen LogP contribution in [0.15, 0.2) is 54.9 Å². The van der Waals surface area contributed by atoms with Gasteiger partial charge in [-0.15, -0.1) is 0 Å². The van der Waals surface area contributed by atoms with Crippen molar-refractivity contribution in [2.75, 3.05) is 51.8 Å². The Morgan fingerprint density at radius 3 is 2.42 bits per heavy atom. The Morgan fingerprint density at radius 2 is 1.72 bits per heavy atom. The second-order valence-corrected chi connectivity index (χ2v) is 11.1. The van der Waals surface area contributed by atoms with E-state index < -0.39 is 0 Å². The van der Waals surface area contributed by atoms with Crippen LogP contribution < -0.4 is 5.32 Å². The summed E-state index contributed by atoms with van der Waals surface area (Å²) in [5.74, 6) is -0.115. The van der Waals surface area contributed by atoms with Gasteiger partial charge in [0.2, 0.25) is 5.91 Å². The summed E-state index contributed by atoms with van der Waals surface area (Å²) < 4.78 is 8.79. The summed E-state index contributed by atoms with van der Waals surface area (Å²) in [6.07, 6.45) is 4.68. The smallest absolute Gasteiger partial charge is 0.257 e. The van der Waals surface area contributed by atoms with Gasteiger partial charge in [0.1, 0.15) is 6.54 Å². The lowest BCUT2D eigenvalue weighted by atomic mass is 10.1. The molecule has 2 amide bonds. The number of nitrogens with zero attached hydrogens (tertiary/aromatic N) is 5. The highest BCUT2D eigenvalue weighted by Gasteiger charge is 2.23. The lowest BCUT2D eigenvalue weighted by molar-refractivity contribution is -0.133. The molecule has 0 atom stereocenters. The van der Waals surface area contributed by atoms with Crippen molar-refractivity contribution in [3.63, 3.8) is 0 Å². The van der Waals surface area contributed by atoms with Crippen LogP contribution >= 0.6 is 0 Å². The van der Waals surface area contributed by atoms with Gasteiger partial charge >= 0.3 is 0 Å². The third-order valence-electron chi connectivity index (χ3n) is 8.08. The molecule has 0 unspecified atom stereocenters. The molecule has 4 aromatic rings. The minimum atomic E-state index is -0.246. The van der Waals surface area contributed by atoms with Gasteiger partial charge in [0.05, 0.1) is 35.3 Å². The molecule has 0 radical (unpaired) electrons. The first-order chi connectivity index (χ1) is 20.8. The van der Waals surface area contributed by atoms with Crippen LogP contribution in [0, 0.1) is 13.8 Å². The number of hydrogen-bond donors (Lipinski definition) is 1. The summed E-state index contributed by atoms with van der Waals surface area (Å²) in [6.45, 7) is 10.6. The lowest BCUT2D eigenvalue weighted by Gasteiger charge is -2.34. The number of nitrogens with one attached hydrogen (secondary N) is 1. The second-order valence-electron chi connectivity index (χ2n) is 11.1. The van der Waals surface area contributed by atoms with E-state index in [1.165, 1.54) is 0 Å². The number of carbonyl (C=O) groups is 3. The summed E-state index contributed by atoms with van der Waals surface area (Å²) >= 11 is 0. The Hall–Kier alpha value is -4.28. The van der Waals surface area contributed by atoms with Crippen LogP contribution in [-0.4, -0.2) is 88.2 Å². The van der Waals surface area contributed by atoms with Crippen LogP contribution in [0.25, 0.3) is 16.6 Å². The largest absolute Gasteiger partial charge is 0.383 e. The van der Waals surface area contributed by atoms with Crippen LogP contribution in [0.1, 0.15) is 51.7 Å². The number of rotatable bonds is 11. The van der Waals surface area contributed by atoms with Crippen molar-refractivity contribution < 1.29 is 19.1 Å². The fourth-order valence-corrected chi connectivity index (χ4v) is 5.60. The van der Waals surface area contributed by atoms with E-state index in [9.17, 15) is 14.4 Å². The topological polar surface area (TPSA) is 102 Å². The van der Waals surface area contributed by atoms with Crippen molar-refractivity contribution in [3.8, 4) is 5.69 Å². The van der Waals surface area contributed by atoms with Gasteiger partial charge in [0, 0.05) is 69.0 Å². The molecule has 10 heteroatoms. The number of carbonyl (C=O) groups excluding carboxylic acids is 3. The van der Waals surface area contributed by atoms with Crippen LogP contribution in [0.2, 0.25) is 0 Å². The van der Waals surface area contributed by atoms with Gasteiger partial charge in [-0.25, -0.2) is 4.68 Å². The van der Waals surface area contributed by atoms with E-state index in [0.29, 0.717) is 42.9 Å². The quantitative estimate of drug-likeness (QED) is 0.261. The Bertz CT molecular complexity index is 1610. The van der Waals surface area contributed by atoms with Gasteiger partial charge in [-0.3, -0.25) is 19.3 Å². The molecule has 1 fully saturated rings. The zero-order valence-electron chi connectivity index (χ0n) is 25.4. The van der Waals surface area contributed by atoms with Crippen molar-refractivity contribution in [1.82, 2.24) is 24.1 Å². The molecule has 1 aliphatic heterocycles. The maximum Gasteiger partial charge on any atom is 0.257 e. The third-order valence-corrected chi connectivity index (χ3v) is 8.08. The number of ether oxygens (including phenoxy) is 1. The molecule has 5 rings (SSSR count). The zero-order chi connectivity index (χ0) is 30.5. The van der Waals surface area contributed by atoms with Gasteiger partial charge < -0.3 is 19.5 Å². The molecule has 0 bridgehead atoms. The number of hydrogen-bond acceptors (Lipinski definition) is 6. The summed E-state index contributed by atoms with van der Waals surface area (Å²) in [6, 6.07) is 13.3. The molecule has 43 heavy (non-hydrogen) atoms. The number of anilines is 1. The second kappa shape index (κ2) is 13.4. The van der Waals surface area contributed by atoms with Gasteiger partial charge in [-0.1, -0.05) is 18.6 Å². The Labute approximate surface area is 252 Å². The highest BCUT2D eigenvalue weighted by molar-refractivity contribution is 6.13. The maximum absolute atomic E-state index is 13.5. The summed E-state index contributed by atoms with van der Waals surface area (Å²) in [4.78, 5) is 43.4. The Balaban J connectivity index is 1.30. The average Bonchev–Trinajstić information content (AvgIpc) is 3.56. The molecule has 2 aromatic heterocycles. The van der Waals surface area contributed by atoms with Crippen molar-refractivity contribution in [1.29, 1.82) is 0 Å². The Kier molecular flexibility index (Phi) is 9.37. The van der Waals surface area contributed by atoms with E-state index in [1.54, 1.807) is 24.2 Å². The third kappa shape index (κ3) is 6.71. The monoisotopic (exact) mass is 584 g/mol. The maximum atomic E-state index is 13.5. The number of amides is 2. The molecule has 2 aromatic carbocycles. The fraction of sp³-hybridized carbons (Fsp3) is 0.394. The molecular weight excluding hydrogens is 544 g/mol. The summed E-state index contributed by atoms with van der Waals surface area (Å²) in [5.41, 5.74) is 5.26. The number of methoxy groups -OCH3 is 1. The van der Waals surface area contributed by atoms with Gasteiger partial charge in [-0.2, -0.15) is 5.10 Å². The minimum absolute atomic E-state index is 0.0416. The summed E-state index contributed by atoms with van der Waals surface area (Å²) in [7, 11) is 1.70. The first-order valence-corrected chi connectivity index (χ1v) is 14.9. The van der Waals surface area contributed by atoms with E-state index >= 15 is 0 Å². The van der Waals surface area contributed by atoms with E-state index in [1.807, 2.05) is 72.7 Å². The van der Waals surface area contributed by atoms with E-state index in [-0.39, 0.29) is 24.1 Å². The molecule has 1 aliphatic rings. The SMILES string of the molecule is CCCC(=O)c1cnn(-c2ccc(NC(=O)c3cn(CC(=O)N4CCN(CCOC)CC4)c4ccc(C)cc34)cc2)c1C. The van der Waals surface area contributed by atoms with Crippen LogP contribution in [0.3, 0.4) is 0 Å². The van der Waals surface area contributed by atoms with Gasteiger partial charge in [0.25, 0.3) is 5.91 Å². The van der Waals surface area contributed by atoms with E-state index in [2.05, 4.69) is 15.3 Å². The highest BCUT2D eigenvalue weighted by Crippen LogP contribution is 2.25. The molecule has 226 valence electrons. The van der Waals surface area contributed by atoms with Crippen molar-refractivity contribution in [3.05, 3.63) is 77.2 Å². The normalized spacial score (nSPS) is 13.9. The van der Waals surface area contributed by atoms with E-state index in [4.69, 9.17) is 4.74 Å². The average molecular weight is 585 g/mol. The molecule has 3 heterocycles. The number of aromatic nitrogens is 3. The van der Waals surface area contributed by atoms with Crippen LogP contribution in [0.5, 0.6) is 0 Å². The first-order valence-electron chi connectivity index (χ1n) is 14.9. The standard InChI is InChI=1S/C33H40N6O4/c1-5-6-31(40)28-20-34-39(24(28)3)26-10-8-25(9-11-26)35-33(42)29-21-38(30-12-7-23(2)19-27(29)30)22-32(41)37-15-13-36(14-16-37)17-18-43-4/h7-12,19-21H,5-6,13-18,22H2,1-4H3,(H,35,42). The zero-order valence-corrected chi connectivity index (χ0v) is 25.4. The minimum Gasteiger partial charge on any atom is -0.383 e. The molecule has 0 spiro atoms. The number of aryl methyl sites for hydroxylation is 1. The highest BCUT2D eigenvalue weighted by atomic mass is 16.5. The molecule has 1 saturated heterocycles. The molecule has 0 aliphatic carbocycles. The number of piperazine rings is 1. The summed E-state index contributed by atoms with van der Waals surface area (Å²) in [5, 5.41) is 8.23. The lowest BCUT2D eigenvalue weighted by Crippen LogP contribution is -2.50. The van der Waals surface area contributed by atoms with Gasteiger partial charge in [0.15, 0.2) is 5.78 Å². The molecule has 10 nitrogen and oxygen atoms in total. The van der Waals surface area contributed by atoms with E-state index in [0.717, 1.165) is 53.9 Å². The molecule has 1 N–H and O–H groups in total. The van der Waals surface area contributed by atoms with Crippen LogP contribution in [0.4, 0.5) is 5.69 Å².